The van der Waals surface area contributed by atoms with E-state index in [0.717, 1.165) is 48.4 Å². The number of amides is 8. The summed E-state index contributed by atoms with van der Waals surface area (Å²) in [5.41, 5.74) is 19.8. The smallest absolute Gasteiger partial charge is 0.247 e. The summed E-state index contributed by atoms with van der Waals surface area (Å²) >= 11 is 26.5. The van der Waals surface area contributed by atoms with Crippen molar-refractivity contribution in [3.8, 4) is 62.9 Å². The second kappa shape index (κ2) is 43.2. The highest BCUT2D eigenvalue weighted by Gasteiger charge is 2.52. The number of aromatic hydroxyl groups is 3. The Hall–Kier alpha value is -11.1. The number of rotatable bonds is 23. The van der Waals surface area contributed by atoms with E-state index in [1.54, 1.807) is 44.2 Å². The number of phenolic OH excluding ortho intramolecular Hbond substituents is 3. The Labute approximate surface area is 737 Å². The number of azide groups is 1. The van der Waals surface area contributed by atoms with Crippen LogP contribution in [0.25, 0.3) is 21.6 Å². The number of likely N-dealkylation sites (N-methyl/N-ethyl adjacent to an activating group) is 2. The Morgan fingerprint density at radius 1 is 0.712 bits per heavy atom. The first-order chi connectivity index (χ1) is 59.4. The zero-order valence-electron chi connectivity index (χ0n) is 68.5. The third-order valence-electron chi connectivity index (χ3n) is 20.9. The van der Waals surface area contributed by atoms with E-state index in [0.29, 0.717) is 15.8 Å². The zero-order chi connectivity index (χ0) is 91.0. The number of carbonyl (C=O) groups excluding carboxylic acids is 8. The maximum atomic E-state index is 14.9. The summed E-state index contributed by atoms with van der Waals surface area (Å²) in [6.07, 6.45) is -18.1. The molecule has 2 fully saturated rings. The number of carbonyl (C=O) groups is 8. The molecule has 0 saturated carbocycles. The number of hydrogen-bond donors (Lipinski definition) is 19. The van der Waals surface area contributed by atoms with Gasteiger partial charge in [0.05, 0.1) is 69.9 Å². The highest BCUT2D eigenvalue weighted by atomic mass is 35.5. The second-order valence-electron chi connectivity index (χ2n) is 30.6. The predicted molar refractivity (Wildman–Crippen MR) is 454 cm³/mol. The molecular weight excluding hydrogens is 1710 g/mol. The number of halogens is 4. The number of aliphatic hydroxyl groups excluding tert-OH is 5. The molecule has 670 valence electrons. The standard InChI is InChI=1S/C84H98Cl4N14O23/c1-38(2)25-54(92-6)78(114)101-70-71(109)45-16-22-60(53(88)29-45)122-62-10-8-9-61(74(62)125-83-75(73(111)72(110)63(123-83)36-96-102-91)124-66-34-84(5,76(112)40(4)120-66)95-35-41-11-17-47(18-12-41)119-37-42-13-19-50(85)51(86)26-42)121-59-21-15-43(28-52(59)87)57(105)33-65(108)99-69(81(117)94-24-23-89)49-30-46(103)31-58(106)67(49)48-27-44(14-20-56(48)104)68(80(116)93-7)100-77(113)39(3)97-79(115)55(32-64(90)107)98-82(70)118/h8-22,26-31,38-40,54-55,57,63,66,68-73,75-76,83,92,95,103-106,109-112H,23-25,32-37,89H2,1-7H3,(H2,90,107)(H,93,116)(H,94,117)(H,97,115)(H,98,118)(H,99,108)(H,100,113)(H,101,114)/t39?,40?,54?,55-,57?,63?,66?,68?,69-,70?,71?,72?,73?,75?,76?,83?,84?/m0/s1. The van der Waals surface area contributed by atoms with Crippen molar-refractivity contribution in [3.63, 3.8) is 0 Å². The monoisotopic (exact) mass is 1810 g/mol. The molecule has 12 rings (SSSR count). The summed E-state index contributed by atoms with van der Waals surface area (Å²) in [5.74, 6) is -11.7. The molecular formula is C84H98Cl4N14O23. The summed E-state index contributed by atoms with van der Waals surface area (Å²) < 4.78 is 45.1. The van der Waals surface area contributed by atoms with Crippen molar-refractivity contribution < 1.29 is 112 Å². The summed E-state index contributed by atoms with van der Waals surface area (Å²) in [7, 11) is 2.69. The molecule has 5 aliphatic heterocycles. The van der Waals surface area contributed by atoms with Crippen LogP contribution >= 0.6 is 46.4 Å². The number of nitrogens with one attached hydrogen (secondary N) is 9. The minimum absolute atomic E-state index is 0.0257. The number of hydrogen-bond acceptors (Lipinski definition) is 27. The highest BCUT2D eigenvalue weighted by Crippen LogP contribution is 2.48. The first kappa shape index (κ1) is 96.1. The molecule has 17 atom stereocenters. The van der Waals surface area contributed by atoms with Crippen LogP contribution in [0.2, 0.25) is 20.1 Å². The van der Waals surface area contributed by atoms with E-state index in [2.05, 4.69) is 57.9 Å². The second-order valence-corrected chi connectivity index (χ2v) is 32.2. The van der Waals surface area contributed by atoms with E-state index >= 15 is 0 Å². The first-order valence-corrected chi connectivity index (χ1v) is 41.0. The highest BCUT2D eigenvalue weighted by molar-refractivity contribution is 6.42. The third-order valence-corrected chi connectivity index (χ3v) is 22.2. The topological polar surface area (TPSA) is 572 Å². The first-order valence-electron chi connectivity index (χ1n) is 39.5. The number of ether oxygens (including phenoxy) is 7. The van der Waals surface area contributed by atoms with Crippen molar-refractivity contribution in [2.75, 3.05) is 33.7 Å². The molecule has 0 aliphatic carbocycles. The van der Waals surface area contributed by atoms with Crippen LogP contribution in [0.3, 0.4) is 0 Å². The Kier molecular flexibility index (Phi) is 33.2. The molecule has 7 aromatic rings. The Balaban J connectivity index is 1.05. The summed E-state index contributed by atoms with van der Waals surface area (Å²) in [5, 5.41) is 122. The van der Waals surface area contributed by atoms with Gasteiger partial charge >= 0.3 is 0 Å². The molecule has 15 unspecified atom stereocenters. The molecule has 125 heavy (non-hydrogen) atoms. The number of nitrogens with two attached hydrogens (primary N) is 2. The number of benzene rings is 7. The summed E-state index contributed by atoms with van der Waals surface area (Å²) in [6, 6.07) is 18.8. The average Bonchev–Trinajstić information content (AvgIpc) is 0.770. The van der Waals surface area contributed by atoms with Crippen molar-refractivity contribution in [2.24, 2.45) is 22.5 Å². The van der Waals surface area contributed by atoms with Crippen LogP contribution in [-0.2, 0) is 65.7 Å². The van der Waals surface area contributed by atoms with E-state index in [4.69, 9.17) is 91.0 Å². The van der Waals surface area contributed by atoms with Crippen molar-refractivity contribution in [1.82, 2.24) is 47.9 Å². The lowest BCUT2D eigenvalue weighted by molar-refractivity contribution is -0.331. The molecule has 7 aromatic carbocycles. The van der Waals surface area contributed by atoms with Crippen LogP contribution in [0.5, 0.6) is 51.7 Å². The number of aliphatic hydroxyl groups is 5. The van der Waals surface area contributed by atoms with Gasteiger partial charge in [0.15, 0.2) is 23.9 Å². The van der Waals surface area contributed by atoms with Crippen LogP contribution in [0.15, 0.2) is 133 Å². The molecule has 0 aromatic heterocycles. The third kappa shape index (κ3) is 24.3. The lowest BCUT2D eigenvalue weighted by atomic mass is 9.84. The van der Waals surface area contributed by atoms with E-state index in [1.807, 2.05) is 26.0 Å². The molecule has 2 saturated heterocycles. The van der Waals surface area contributed by atoms with Crippen molar-refractivity contribution in [2.45, 2.75) is 177 Å². The van der Waals surface area contributed by atoms with Gasteiger partial charge in [0.1, 0.15) is 89.6 Å². The molecule has 8 bridgehead atoms. The van der Waals surface area contributed by atoms with Gasteiger partial charge in [0, 0.05) is 60.7 Å². The van der Waals surface area contributed by atoms with E-state index < -0.39 is 198 Å². The van der Waals surface area contributed by atoms with Crippen LogP contribution in [0.1, 0.15) is 118 Å². The normalized spacial score (nSPS) is 24.8. The van der Waals surface area contributed by atoms with E-state index in [-0.39, 0.29) is 106 Å². The number of para-hydroxylation sites is 1. The van der Waals surface area contributed by atoms with Gasteiger partial charge in [-0.15, -0.1) is 0 Å². The van der Waals surface area contributed by atoms with Crippen molar-refractivity contribution in [3.05, 3.63) is 191 Å². The zero-order valence-corrected chi connectivity index (χ0v) is 71.5. The summed E-state index contributed by atoms with van der Waals surface area (Å²) in [6.45, 7) is 7.60. The number of phenols is 3. The minimum Gasteiger partial charge on any atom is -0.508 e. The fourth-order valence-corrected chi connectivity index (χ4v) is 15.0. The Bertz CT molecular complexity index is 5140. The maximum Gasteiger partial charge on any atom is 0.247 e. The number of nitrogens with zero attached hydrogens (tertiary/aromatic N) is 3. The fraction of sp³-hybridized carbons (Fsp3) is 0.405. The van der Waals surface area contributed by atoms with Crippen LogP contribution < -0.4 is 78.3 Å². The van der Waals surface area contributed by atoms with E-state index in [1.165, 1.54) is 68.7 Å². The fourth-order valence-electron chi connectivity index (χ4n) is 14.2. The molecule has 0 radical (unpaired) electrons. The predicted octanol–water partition coefficient (Wildman–Crippen LogP) is 6.10. The van der Waals surface area contributed by atoms with Crippen LogP contribution in [-0.4, -0.2) is 201 Å². The molecule has 41 heteroatoms. The number of primary amides is 1. The van der Waals surface area contributed by atoms with Gasteiger partial charge in [-0.25, -0.2) is 0 Å². The maximum absolute atomic E-state index is 14.9. The molecule has 5 aliphatic rings. The molecule has 37 nitrogen and oxygen atoms in total. The Morgan fingerprint density at radius 3 is 2.01 bits per heavy atom. The Morgan fingerprint density at radius 2 is 1.38 bits per heavy atom. The van der Waals surface area contributed by atoms with Gasteiger partial charge in [-0.1, -0.05) is 108 Å². The van der Waals surface area contributed by atoms with Crippen molar-refractivity contribution >= 4 is 93.7 Å². The average molecular weight is 1810 g/mol. The van der Waals surface area contributed by atoms with Gasteiger partial charge in [-0.05, 0) is 158 Å². The SMILES string of the molecule is CNC(=O)C1NC(=O)C(C)NC(=O)[C@H](CC(N)=O)NC(=O)C(NC(=O)C(CC(C)C)NC)C(O)c2ccc(c(Cl)c2)Oc2cccc(c2OC2OC(CN=[N+]=[N-])C(O)C(O)C2OC2CC(C)(NCc3ccc(OCc4ccc(Cl)c(Cl)c4)cc3)C(O)C(C)O2)Oc2ccc(cc2Cl)C(O)CC(=O)N[C@H](C(=O)NCCN)c2cc(O)cc(O)c2-c2cc1ccc2O. The van der Waals surface area contributed by atoms with Crippen LogP contribution in [0, 0.1) is 5.92 Å². The molecule has 8 amide bonds. The van der Waals surface area contributed by atoms with E-state index in [9.17, 15) is 84.7 Å². The minimum atomic E-state index is -2.09. The lowest BCUT2D eigenvalue weighted by Gasteiger charge is -2.48. The molecule has 5 heterocycles. The van der Waals surface area contributed by atoms with Crippen molar-refractivity contribution in [1.29, 1.82) is 0 Å². The quantitative estimate of drug-likeness (QED) is 0.0195. The lowest BCUT2D eigenvalue weighted by Crippen LogP contribution is -2.65. The van der Waals surface area contributed by atoms with Gasteiger partial charge in [0.25, 0.3) is 0 Å². The van der Waals surface area contributed by atoms with Crippen LogP contribution in [0.4, 0.5) is 0 Å². The summed E-state index contributed by atoms with van der Waals surface area (Å²) in [4.78, 5) is 116. The molecule has 21 N–H and O–H groups in total. The largest absolute Gasteiger partial charge is 0.508 e. The van der Waals surface area contributed by atoms with Gasteiger partial charge in [0.2, 0.25) is 59.3 Å². The van der Waals surface area contributed by atoms with Gasteiger partial charge < -0.3 is 133 Å². The van der Waals surface area contributed by atoms with Gasteiger partial charge in [-0.3, -0.25) is 38.4 Å². The van der Waals surface area contributed by atoms with Gasteiger partial charge in [-0.2, -0.15) is 0 Å². The molecule has 0 spiro atoms. The number of fused-ring (bicyclic) bond motifs is 2.